The number of nitrogens with zero attached hydrogens (tertiary/aromatic N) is 2. The van der Waals surface area contributed by atoms with Gasteiger partial charge in [0.05, 0.1) is 23.0 Å². The number of benzene rings is 1. The average Bonchev–Trinajstić information content (AvgIpc) is 2.97. The van der Waals surface area contributed by atoms with Gasteiger partial charge in [0.15, 0.2) is 0 Å². The lowest BCUT2D eigenvalue weighted by Crippen LogP contribution is -2.09. The first kappa shape index (κ1) is 17.4. The van der Waals surface area contributed by atoms with Crippen LogP contribution < -0.4 is 4.74 Å². The van der Waals surface area contributed by atoms with Crippen LogP contribution in [0.1, 0.15) is 41.9 Å². The standard InChI is InChI=1S/C19H20N2O3S/c1-4-14(19(22)23)16-10-25-18-7-13(5-6-15(16)18)24-9-17-12(3)21-11(2)8-20-17/h5-8,10,14H,4,9H2,1-3H3,(H,22,23). The first-order valence-corrected chi connectivity index (χ1v) is 9.03. The van der Waals surface area contributed by atoms with Gasteiger partial charge in [0.2, 0.25) is 0 Å². The monoisotopic (exact) mass is 356 g/mol. The second-order valence-corrected chi connectivity index (χ2v) is 6.89. The molecule has 1 N–H and O–H groups in total. The smallest absolute Gasteiger partial charge is 0.311 e. The van der Waals surface area contributed by atoms with E-state index < -0.39 is 11.9 Å². The van der Waals surface area contributed by atoms with Crippen molar-refractivity contribution >= 4 is 27.4 Å². The number of carboxylic acids is 1. The van der Waals surface area contributed by atoms with E-state index in [1.54, 1.807) is 17.5 Å². The average molecular weight is 356 g/mol. The van der Waals surface area contributed by atoms with Gasteiger partial charge < -0.3 is 9.84 Å². The number of rotatable bonds is 6. The van der Waals surface area contributed by atoms with Crippen molar-refractivity contribution in [2.75, 3.05) is 0 Å². The largest absolute Gasteiger partial charge is 0.487 e. The summed E-state index contributed by atoms with van der Waals surface area (Å²) in [5.41, 5.74) is 3.45. The Hall–Kier alpha value is -2.47. The number of fused-ring (bicyclic) bond motifs is 1. The lowest BCUT2D eigenvalue weighted by Gasteiger charge is -2.10. The minimum atomic E-state index is -0.782. The molecule has 1 atom stereocenters. The Balaban J connectivity index is 1.81. The molecule has 0 amide bonds. The van der Waals surface area contributed by atoms with E-state index in [-0.39, 0.29) is 0 Å². The molecule has 25 heavy (non-hydrogen) atoms. The number of thiophene rings is 1. The summed E-state index contributed by atoms with van der Waals surface area (Å²) in [6, 6.07) is 5.77. The van der Waals surface area contributed by atoms with Crippen molar-refractivity contribution in [3.63, 3.8) is 0 Å². The molecule has 6 heteroatoms. The van der Waals surface area contributed by atoms with Gasteiger partial charge >= 0.3 is 5.97 Å². The predicted octanol–water partition coefficient (Wildman–Crippen LogP) is 4.47. The van der Waals surface area contributed by atoms with Crippen molar-refractivity contribution in [1.29, 1.82) is 0 Å². The van der Waals surface area contributed by atoms with Crippen LogP contribution in [0.5, 0.6) is 5.75 Å². The van der Waals surface area contributed by atoms with E-state index in [9.17, 15) is 9.90 Å². The van der Waals surface area contributed by atoms with E-state index in [0.717, 1.165) is 38.5 Å². The van der Waals surface area contributed by atoms with E-state index in [4.69, 9.17) is 4.74 Å². The third kappa shape index (κ3) is 3.64. The lowest BCUT2D eigenvalue weighted by molar-refractivity contribution is -0.138. The molecule has 1 unspecified atom stereocenters. The van der Waals surface area contributed by atoms with Crippen LogP contribution in [0.15, 0.2) is 29.8 Å². The van der Waals surface area contributed by atoms with Crippen LogP contribution >= 0.6 is 11.3 Å². The Labute approximate surface area is 150 Å². The number of hydrogen-bond acceptors (Lipinski definition) is 5. The summed E-state index contributed by atoms with van der Waals surface area (Å²) in [6.07, 6.45) is 2.31. The minimum Gasteiger partial charge on any atom is -0.487 e. The maximum absolute atomic E-state index is 11.4. The van der Waals surface area contributed by atoms with Crippen molar-refractivity contribution < 1.29 is 14.6 Å². The van der Waals surface area contributed by atoms with Gasteiger partial charge in [-0.25, -0.2) is 0 Å². The first-order valence-electron chi connectivity index (χ1n) is 8.15. The summed E-state index contributed by atoms with van der Waals surface area (Å²) < 4.78 is 6.88. The molecule has 1 aromatic carbocycles. The van der Waals surface area contributed by atoms with Crippen LogP contribution in [0, 0.1) is 13.8 Å². The van der Waals surface area contributed by atoms with Gasteiger partial charge in [-0.2, -0.15) is 0 Å². The zero-order valence-electron chi connectivity index (χ0n) is 14.4. The number of ether oxygens (including phenoxy) is 1. The Morgan fingerprint density at radius 1 is 1.36 bits per heavy atom. The predicted molar refractivity (Wildman–Crippen MR) is 98.3 cm³/mol. The molecule has 0 saturated carbocycles. The molecule has 0 spiro atoms. The lowest BCUT2D eigenvalue weighted by atomic mass is 9.96. The molecular weight excluding hydrogens is 336 g/mol. The van der Waals surface area contributed by atoms with Crippen molar-refractivity contribution in [3.05, 3.63) is 52.4 Å². The Kier molecular flexibility index (Phi) is 4.99. The molecule has 5 nitrogen and oxygen atoms in total. The van der Waals surface area contributed by atoms with Crippen molar-refractivity contribution in [2.45, 2.75) is 39.7 Å². The summed E-state index contributed by atoms with van der Waals surface area (Å²) >= 11 is 1.54. The highest BCUT2D eigenvalue weighted by Gasteiger charge is 2.21. The normalized spacial score (nSPS) is 12.3. The van der Waals surface area contributed by atoms with E-state index >= 15 is 0 Å². The summed E-state index contributed by atoms with van der Waals surface area (Å²) in [6.45, 7) is 6.08. The van der Waals surface area contributed by atoms with Crippen LogP contribution in [0.2, 0.25) is 0 Å². The van der Waals surface area contributed by atoms with Gasteiger partial charge in [0.25, 0.3) is 0 Å². The van der Waals surface area contributed by atoms with Crippen LogP contribution in [0.4, 0.5) is 0 Å². The number of carbonyl (C=O) groups is 1. The van der Waals surface area contributed by atoms with Gasteiger partial charge in [0, 0.05) is 10.9 Å². The highest BCUT2D eigenvalue weighted by atomic mass is 32.1. The molecule has 2 heterocycles. The quantitative estimate of drug-likeness (QED) is 0.706. The van der Waals surface area contributed by atoms with Crippen LogP contribution in [-0.2, 0) is 11.4 Å². The zero-order valence-corrected chi connectivity index (χ0v) is 15.3. The van der Waals surface area contributed by atoms with Crippen LogP contribution in [0.3, 0.4) is 0 Å². The van der Waals surface area contributed by atoms with E-state index in [0.29, 0.717) is 13.0 Å². The Morgan fingerprint density at radius 3 is 2.84 bits per heavy atom. The van der Waals surface area contributed by atoms with Gasteiger partial charge in [-0.3, -0.25) is 14.8 Å². The summed E-state index contributed by atoms with van der Waals surface area (Å²) in [5, 5.41) is 12.3. The topological polar surface area (TPSA) is 72.3 Å². The fraction of sp³-hybridized carbons (Fsp3) is 0.316. The minimum absolute atomic E-state index is 0.357. The summed E-state index contributed by atoms with van der Waals surface area (Å²) in [7, 11) is 0. The number of hydrogen-bond donors (Lipinski definition) is 1. The maximum Gasteiger partial charge on any atom is 0.311 e. The molecular formula is C19H20N2O3S. The van der Waals surface area contributed by atoms with Crippen molar-refractivity contribution in [1.82, 2.24) is 9.97 Å². The van der Waals surface area contributed by atoms with Crippen molar-refractivity contribution in [3.8, 4) is 5.75 Å². The number of aromatic nitrogens is 2. The molecule has 0 fully saturated rings. The van der Waals surface area contributed by atoms with Crippen LogP contribution in [-0.4, -0.2) is 21.0 Å². The fourth-order valence-corrected chi connectivity index (χ4v) is 3.87. The molecule has 0 aliphatic heterocycles. The number of carboxylic acid groups (broad SMARTS) is 1. The Bertz CT molecular complexity index is 920. The molecule has 2 aromatic heterocycles. The molecule has 0 saturated heterocycles. The first-order chi connectivity index (χ1) is 12.0. The van der Waals surface area contributed by atoms with Gasteiger partial charge in [-0.05, 0) is 54.8 Å². The fourth-order valence-electron chi connectivity index (χ4n) is 2.83. The summed E-state index contributed by atoms with van der Waals surface area (Å²) in [5.74, 6) is -0.506. The van der Waals surface area contributed by atoms with E-state index in [1.807, 2.05) is 44.4 Å². The molecule has 0 aliphatic carbocycles. The third-order valence-corrected chi connectivity index (χ3v) is 5.17. The molecule has 130 valence electrons. The van der Waals surface area contributed by atoms with Gasteiger partial charge in [0.1, 0.15) is 12.4 Å². The highest BCUT2D eigenvalue weighted by Crippen LogP contribution is 2.35. The van der Waals surface area contributed by atoms with E-state index in [2.05, 4.69) is 9.97 Å². The second kappa shape index (κ2) is 7.19. The zero-order chi connectivity index (χ0) is 18.0. The van der Waals surface area contributed by atoms with E-state index in [1.165, 1.54) is 0 Å². The highest BCUT2D eigenvalue weighted by molar-refractivity contribution is 7.17. The summed E-state index contributed by atoms with van der Waals surface area (Å²) in [4.78, 5) is 20.2. The SMILES string of the molecule is CCC(C(=O)O)c1csc2cc(OCc3ncc(C)nc3C)ccc12. The van der Waals surface area contributed by atoms with Gasteiger partial charge in [-0.15, -0.1) is 11.3 Å². The molecule has 3 aromatic rings. The maximum atomic E-state index is 11.4. The molecule has 0 bridgehead atoms. The number of aliphatic carboxylic acids is 1. The third-order valence-electron chi connectivity index (χ3n) is 4.20. The molecule has 0 radical (unpaired) electrons. The number of aryl methyl sites for hydroxylation is 2. The van der Waals surface area contributed by atoms with Gasteiger partial charge in [-0.1, -0.05) is 6.92 Å². The Morgan fingerprint density at radius 2 is 2.16 bits per heavy atom. The molecule has 0 aliphatic rings. The van der Waals surface area contributed by atoms with Crippen molar-refractivity contribution in [2.24, 2.45) is 0 Å². The second-order valence-electron chi connectivity index (χ2n) is 5.98. The van der Waals surface area contributed by atoms with Crippen LogP contribution in [0.25, 0.3) is 10.1 Å². The molecule has 3 rings (SSSR count).